The van der Waals surface area contributed by atoms with Crippen molar-refractivity contribution in [2.75, 3.05) is 19.1 Å². The Labute approximate surface area is 222 Å². The van der Waals surface area contributed by atoms with E-state index in [1.807, 2.05) is 30.1 Å². The number of anilines is 1. The van der Waals surface area contributed by atoms with Crippen LogP contribution in [0.2, 0.25) is 0 Å². The van der Waals surface area contributed by atoms with Crippen molar-refractivity contribution < 1.29 is 23.0 Å². The maximum Gasteiger partial charge on any atom is 0.393 e. The summed E-state index contributed by atoms with van der Waals surface area (Å²) in [5.74, 6) is 1.24. The van der Waals surface area contributed by atoms with Crippen molar-refractivity contribution in [3.8, 4) is 16.9 Å². The molecule has 11 heteroatoms. The summed E-state index contributed by atoms with van der Waals surface area (Å²) < 4.78 is 44.0. The fourth-order valence-corrected chi connectivity index (χ4v) is 5.98. The van der Waals surface area contributed by atoms with Gasteiger partial charge in [0.1, 0.15) is 22.7 Å². The minimum Gasteiger partial charge on any atom is -0.495 e. The van der Waals surface area contributed by atoms with Gasteiger partial charge in [-0.3, -0.25) is 4.98 Å². The topological polar surface area (TPSA) is 83.4 Å². The van der Waals surface area contributed by atoms with Crippen LogP contribution >= 0.6 is 11.3 Å². The third-order valence-corrected chi connectivity index (χ3v) is 7.94. The molecule has 0 unspecified atom stereocenters. The number of halogens is 3. The van der Waals surface area contributed by atoms with Gasteiger partial charge in [-0.05, 0) is 36.1 Å². The average Bonchev–Trinajstić information content (AvgIpc) is 3.48. The van der Waals surface area contributed by atoms with Crippen LogP contribution < -0.4 is 15.0 Å². The molecule has 0 amide bonds. The van der Waals surface area contributed by atoms with E-state index in [1.165, 1.54) is 12.4 Å². The fraction of sp³-hybridized carbons (Fsp3) is 0.370. The van der Waals surface area contributed by atoms with E-state index in [1.54, 1.807) is 19.5 Å². The van der Waals surface area contributed by atoms with Crippen molar-refractivity contribution in [1.29, 1.82) is 0 Å². The molecule has 1 aliphatic carbocycles. The number of hydrogen-bond acceptors (Lipinski definition) is 8. The van der Waals surface area contributed by atoms with Gasteiger partial charge in [-0.25, -0.2) is 9.97 Å². The fourth-order valence-electron chi connectivity index (χ4n) is 4.96. The molecule has 1 saturated carbocycles. The Bertz CT molecular complexity index is 1400. The Hall–Kier alpha value is -3.28. The van der Waals surface area contributed by atoms with E-state index in [2.05, 4.69) is 32.4 Å². The largest absolute Gasteiger partial charge is 0.495 e. The number of nitrogens with one attached hydrogen (secondary N) is 1. The zero-order valence-corrected chi connectivity index (χ0v) is 21.8. The molecule has 3 heterocycles. The van der Waals surface area contributed by atoms with Gasteiger partial charge in [0.2, 0.25) is 0 Å². The number of aliphatic hydroxyl groups is 1. The van der Waals surface area contributed by atoms with Crippen LogP contribution in [0.1, 0.15) is 23.3 Å². The zero-order valence-electron chi connectivity index (χ0n) is 20.9. The van der Waals surface area contributed by atoms with E-state index < -0.39 is 18.7 Å². The number of ether oxygens (including phenoxy) is 1. The van der Waals surface area contributed by atoms with Crippen molar-refractivity contribution in [2.45, 2.75) is 50.2 Å². The molecule has 4 aromatic rings. The van der Waals surface area contributed by atoms with E-state index in [0.717, 1.165) is 28.0 Å². The van der Waals surface area contributed by atoms with Gasteiger partial charge in [-0.1, -0.05) is 24.3 Å². The Morgan fingerprint density at radius 2 is 1.89 bits per heavy atom. The quantitative estimate of drug-likeness (QED) is 0.324. The SMILES string of the molecule is COc1cncc(-c2ccc(CN[C@H]3C[C@@H](O)[C@@H](N(C)c4ncnc5sc(CC(F)(F)F)cc45)C3)cc2)c1. The molecule has 1 aromatic carbocycles. The minimum atomic E-state index is -4.28. The number of likely N-dealkylation sites (N-methyl/N-ethyl adjacent to an activating group) is 1. The predicted molar refractivity (Wildman–Crippen MR) is 141 cm³/mol. The molecule has 2 N–H and O–H groups in total. The van der Waals surface area contributed by atoms with Crippen molar-refractivity contribution >= 4 is 27.4 Å². The second-order valence-corrected chi connectivity index (χ2v) is 10.6. The lowest BCUT2D eigenvalue weighted by atomic mass is 10.1. The predicted octanol–water partition coefficient (Wildman–Crippen LogP) is 4.98. The average molecular weight is 544 g/mol. The molecule has 0 bridgehead atoms. The molecule has 5 rings (SSSR count). The number of benzene rings is 1. The highest BCUT2D eigenvalue weighted by Gasteiger charge is 2.37. The summed E-state index contributed by atoms with van der Waals surface area (Å²) in [4.78, 5) is 15.3. The Morgan fingerprint density at radius 3 is 2.63 bits per heavy atom. The van der Waals surface area contributed by atoms with Crippen LogP contribution in [0.5, 0.6) is 5.75 Å². The molecule has 3 aromatic heterocycles. The summed E-state index contributed by atoms with van der Waals surface area (Å²) in [7, 11) is 3.44. The normalized spacial score (nSPS) is 19.7. The molecule has 0 spiro atoms. The third kappa shape index (κ3) is 5.90. The number of hydrogen-bond donors (Lipinski definition) is 2. The maximum absolute atomic E-state index is 12.9. The number of fused-ring (bicyclic) bond motifs is 1. The molecule has 200 valence electrons. The lowest BCUT2D eigenvalue weighted by Crippen LogP contribution is -2.38. The lowest BCUT2D eigenvalue weighted by molar-refractivity contribution is -0.126. The third-order valence-electron chi connectivity index (χ3n) is 6.89. The number of methoxy groups -OCH3 is 1. The van der Waals surface area contributed by atoms with Gasteiger partial charge in [-0.15, -0.1) is 11.3 Å². The van der Waals surface area contributed by atoms with E-state index in [-0.39, 0.29) is 17.0 Å². The zero-order chi connectivity index (χ0) is 26.9. The highest BCUT2D eigenvalue weighted by molar-refractivity contribution is 7.18. The molecule has 1 fully saturated rings. The molecule has 0 aliphatic heterocycles. The molecule has 38 heavy (non-hydrogen) atoms. The first-order valence-corrected chi connectivity index (χ1v) is 13.0. The molecule has 0 saturated heterocycles. The number of aromatic nitrogens is 3. The molecule has 0 radical (unpaired) electrons. The summed E-state index contributed by atoms with van der Waals surface area (Å²) >= 11 is 1.02. The molecular formula is C27H28F3N5O2S. The Balaban J connectivity index is 1.22. The second kappa shape index (κ2) is 10.8. The van der Waals surface area contributed by atoms with E-state index in [0.29, 0.717) is 41.2 Å². The van der Waals surface area contributed by atoms with Gasteiger partial charge in [0.05, 0.1) is 37.3 Å². The van der Waals surface area contributed by atoms with Crippen LogP contribution in [0.4, 0.5) is 19.0 Å². The number of rotatable bonds is 8. The van der Waals surface area contributed by atoms with Crippen LogP contribution in [-0.4, -0.2) is 58.6 Å². The molecule has 3 atom stereocenters. The highest BCUT2D eigenvalue weighted by atomic mass is 32.1. The van der Waals surface area contributed by atoms with Gasteiger partial charge in [0.25, 0.3) is 0 Å². The van der Waals surface area contributed by atoms with E-state index in [4.69, 9.17) is 4.74 Å². The first-order chi connectivity index (χ1) is 18.2. The number of alkyl halides is 3. The van der Waals surface area contributed by atoms with Crippen LogP contribution in [0.15, 0.2) is 55.1 Å². The Morgan fingerprint density at radius 1 is 1.11 bits per heavy atom. The van der Waals surface area contributed by atoms with E-state index in [9.17, 15) is 18.3 Å². The van der Waals surface area contributed by atoms with Crippen LogP contribution in [0.3, 0.4) is 0 Å². The molecular weight excluding hydrogens is 515 g/mol. The van der Waals surface area contributed by atoms with Crippen LogP contribution in [0, 0.1) is 0 Å². The maximum atomic E-state index is 12.9. The van der Waals surface area contributed by atoms with E-state index >= 15 is 0 Å². The number of thiophene rings is 1. The second-order valence-electron chi connectivity index (χ2n) is 9.53. The van der Waals surface area contributed by atoms with Crippen molar-refractivity contribution in [1.82, 2.24) is 20.3 Å². The molecule has 1 aliphatic rings. The van der Waals surface area contributed by atoms with Crippen molar-refractivity contribution in [3.63, 3.8) is 0 Å². The van der Waals surface area contributed by atoms with Gasteiger partial charge in [-0.2, -0.15) is 13.2 Å². The first-order valence-electron chi connectivity index (χ1n) is 12.2. The number of nitrogens with zero attached hydrogens (tertiary/aromatic N) is 4. The Kier molecular flexibility index (Phi) is 7.51. The standard InChI is InChI=1S/C27H28F3N5O2S/c1-35(25-22-10-21(11-27(28,29)30)38-26(22)34-15-33-25)23-8-19(9-24(23)36)32-12-16-3-5-17(6-4-16)18-7-20(37-2)14-31-13-18/h3-7,10,13-15,19,23-24,32,36H,8-9,11-12H2,1-2H3/t19-,23+,24-/m1/s1. The van der Waals surface area contributed by atoms with Crippen molar-refractivity contribution in [2.24, 2.45) is 0 Å². The summed E-state index contributed by atoms with van der Waals surface area (Å²) in [6.45, 7) is 0.646. The van der Waals surface area contributed by atoms with Gasteiger partial charge >= 0.3 is 6.18 Å². The first kappa shape index (κ1) is 26.3. The lowest BCUT2D eigenvalue weighted by Gasteiger charge is -2.28. The van der Waals surface area contributed by atoms with Gasteiger partial charge in [0, 0.05) is 36.3 Å². The summed E-state index contributed by atoms with van der Waals surface area (Å²) in [6.07, 6.45) is 0.200. The van der Waals surface area contributed by atoms with Crippen molar-refractivity contribution in [3.05, 3.63) is 65.6 Å². The smallest absolute Gasteiger partial charge is 0.393 e. The molecule has 7 nitrogen and oxygen atoms in total. The minimum absolute atomic E-state index is 0.0836. The van der Waals surface area contributed by atoms with Crippen LogP contribution in [-0.2, 0) is 13.0 Å². The number of pyridine rings is 1. The van der Waals surface area contributed by atoms with Crippen LogP contribution in [0.25, 0.3) is 21.3 Å². The van der Waals surface area contributed by atoms with Gasteiger partial charge in [0.15, 0.2) is 0 Å². The summed E-state index contributed by atoms with van der Waals surface area (Å²) in [5, 5.41) is 14.9. The monoisotopic (exact) mass is 543 g/mol. The summed E-state index contributed by atoms with van der Waals surface area (Å²) in [6, 6.07) is 11.5. The highest BCUT2D eigenvalue weighted by Crippen LogP contribution is 2.36. The number of aliphatic hydroxyl groups excluding tert-OH is 1. The van der Waals surface area contributed by atoms with Gasteiger partial charge < -0.3 is 20.1 Å². The summed E-state index contributed by atoms with van der Waals surface area (Å²) in [5.41, 5.74) is 3.13.